The summed E-state index contributed by atoms with van der Waals surface area (Å²) in [6.45, 7) is 1.62. The van der Waals surface area contributed by atoms with Crippen LogP contribution >= 0.6 is 0 Å². The van der Waals surface area contributed by atoms with Gasteiger partial charge in [0.15, 0.2) is 0 Å². The number of hydrogen-bond donors (Lipinski definition) is 1. The van der Waals surface area contributed by atoms with Crippen molar-refractivity contribution in [1.82, 2.24) is 10.2 Å². The normalized spacial score (nSPS) is 18.8. The number of rotatable bonds is 5. The highest BCUT2D eigenvalue weighted by Crippen LogP contribution is 2.36. The quantitative estimate of drug-likeness (QED) is 0.809. The fourth-order valence-corrected chi connectivity index (χ4v) is 4.38. The van der Waals surface area contributed by atoms with E-state index in [0.717, 1.165) is 36.1 Å². The van der Waals surface area contributed by atoms with Gasteiger partial charge < -0.3 is 5.32 Å². The van der Waals surface area contributed by atoms with E-state index in [-0.39, 0.29) is 11.9 Å². The van der Waals surface area contributed by atoms with E-state index in [4.69, 9.17) is 0 Å². The molecule has 144 valence electrons. The van der Waals surface area contributed by atoms with Gasteiger partial charge in [0.1, 0.15) is 6.04 Å². The number of carbonyl (C=O) groups is 3. The van der Waals surface area contributed by atoms with Crippen molar-refractivity contribution < 1.29 is 14.4 Å². The molecular formula is C23H24N2O3. The van der Waals surface area contributed by atoms with E-state index in [9.17, 15) is 14.4 Å². The molecule has 0 spiro atoms. The molecule has 1 saturated carbocycles. The second kappa shape index (κ2) is 7.58. The lowest BCUT2D eigenvalue weighted by Crippen LogP contribution is -2.49. The Morgan fingerprint density at radius 1 is 0.929 bits per heavy atom. The molecule has 0 saturated heterocycles. The van der Waals surface area contributed by atoms with E-state index in [1.54, 1.807) is 31.2 Å². The van der Waals surface area contributed by atoms with Gasteiger partial charge in [0.25, 0.3) is 11.8 Å². The summed E-state index contributed by atoms with van der Waals surface area (Å²) in [6, 6.07) is 15.7. The van der Waals surface area contributed by atoms with E-state index in [1.165, 1.54) is 0 Å². The van der Waals surface area contributed by atoms with Gasteiger partial charge in [0.05, 0.1) is 17.2 Å². The number of benzene rings is 2. The van der Waals surface area contributed by atoms with E-state index in [0.29, 0.717) is 17.0 Å². The van der Waals surface area contributed by atoms with Crippen LogP contribution in [0.3, 0.4) is 0 Å². The molecule has 1 fully saturated rings. The largest absolute Gasteiger partial charge is 0.347 e. The Bertz CT molecular complexity index is 868. The van der Waals surface area contributed by atoms with Crippen molar-refractivity contribution >= 4 is 17.7 Å². The number of nitrogens with zero attached hydrogens (tertiary/aromatic N) is 1. The number of nitrogens with one attached hydrogen (secondary N) is 1. The molecule has 5 heteroatoms. The van der Waals surface area contributed by atoms with Crippen LogP contribution in [-0.2, 0) is 4.79 Å². The van der Waals surface area contributed by atoms with Gasteiger partial charge in [-0.05, 0) is 43.4 Å². The van der Waals surface area contributed by atoms with Crippen molar-refractivity contribution in [2.24, 2.45) is 5.92 Å². The Morgan fingerprint density at radius 3 is 2.04 bits per heavy atom. The summed E-state index contributed by atoms with van der Waals surface area (Å²) in [7, 11) is 0. The van der Waals surface area contributed by atoms with Crippen molar-refractivity contribution in [3.8, 4) is 0 Å². The van der Waals surface area contributed by atoms with Gasteiger partial charge in [0, 0.05) is 0 Å². The average molecular weight is 376 g/mol. The topological polar surface area (TPSA) is 66.5 Å². The Balaban J connectivity index is 1.55. The first-order chi connectivity index (χ1) is 13.6. The lowest BCUT2D eigenvalue weighted by atomic mass is 9.91. The number of fused-ring (bicyclic) bond motifs is 1. The van der Waals surface area contributed by atoms with Crippen molar-refractivity contribution in [3.05, 3.63) is 71.3 Å². The van der Waals surface area contributed by atoms with Crippen LogP contribution in [0, 0.1) is 5.92 Å². The molecule has 28 heavy (non-hydrogen) atoms. The summed E-state index contributed by atoms with van der Waals surface area (Å²) in [6.07, 6.45) is 4.47. The molecule has 1 aliphatic carbocycles. The van der Waals surface area contributed by atoms with Gasteiger partial charge in [-0.15, -0.1) is 0 Å². The third-order valence-corrected chi connectivity index (χ3v) is 5.92. The standard InChI is InChI=1S/C23H24N2O3/c1-15(25-22(27)18-13-7-8-14-19(18)23(25)28)21(26)24-20(17-11-5-6-12-17)16-9-3-2-4-10-16/h2-4,7-10,13-15,17,20H,5-6,11-12H2,1H3,(H,24,26)/t15-,20+/m1/s1. The highest BCUT2D eigenvalue weighted by atomic mass is 16.2. The minimum absolute atomic E-state index is 0.103. The predicted octanol–water partition coefficient (Wildman–Crippen LogP) is 3.72. The number of imide groups is 1. The maximum absolute atomic E-state index is 13.1. The first-order valence-corrected chi connectivity index (χ1v) is 9.90. The molecule has 2 aromatic rings. The monoisotopic (exact) mass is 376 g/mol. The molecule has 1 heterocycles. The number of amides is 3. The van der Waals surface area contributed by atoms with Crippen LogP contribution in [0.5, 0.6) is 0 Å². The fraction of sp³-hybridized carbons (Fsp3) is 0.348. The van der Waals surface area contributed by atoms with Crippen molar-refractivity contribution in [2.75, 3.05) is 0 Å². The second-order valence-corrected chi connectivity index (χ2v) is 7.64. The highest BCUT2D eigenvalue weighted by molar-refractivity contribution is 6.22. The lowest BCUT2D eigenvalue weighted by Gasteiger charge is -2.29. The summed E-state index contributed by atoms with van der Waals surface area (Å²) >= 11 is 0. The smallest absolute Gasteiger partial charge is 0.262 e. The van der Waals surface area contributed by atoms with Crippen LogP contribution in [0.1, 0.15) is 64.9 Å². The Labute approximate surface area is 164 Å². The summed E-state index contributed by atoms with van der Waals surface area (Å²) in [4.78, 5) is 39.5. The zero-order chi connectivity index (χ0) is 19.7. The zero-order valence-corrected chi connectivity index (χ0v) is 15.9. The van der Waals surface area contributed by atoms with Gasteiger partial charge in [-0.3, -0.25) is 19.3 Å². The summed E-state index contributed by atoms with van der Waals surface area (Å²) in [5.41, 5.74) is 1.79. The highest BCUT2D eigenvalue weighted by Gasteiger charge is 2.41. The molecule has 0 bridgehead atoms. The van der Waals surface area contributed by atoms with Crippen LogP contribution in [-0.4, -0.2) is 28.7 Å². The van der Waals surface area contributed by atoms with Gasteiger partial charge >= 0.3 is 0 Å². The van der Waals surface area contributed by atoms with Gasteiger partial charge in [-0.1, -0.05) is 55.3 Å². The summed E-state index contributed by atoms with van der Waals surface area (Å²) in [5, 5.41) is 3.13. The molecule has 0 radical (unpaired) electrons. The molecule has 0 unspecified atom stereocenters. The van der Waals surface area contributed by atoms with E-state index >= 15 is 0 Å². The number of carbonyl (C=O) groups excluding carboxylic acids is 3. The first kappa shape index (κ1) is 18.4. The maximum Gasteiger partial charge on any atom is 0.262 e. The van der Waals surface area contributed by atoms with Crippen LogP contribution < -0.4 is 5.32 Å². The van der Waals surface area contributed by atoms with Crippen LogP contribution in [0.15, 0.2) is 54.6 Å². The first-order valence-electron chi connectivity index (χ1n) is 9.90. The summed E-state index contributed by atoms with van der Waals surface area (Å²) < 4.78 is 0. The molecule has 2 atom stereocenters. The molecule has 0 aromatic heterocycles. The van der Waals surface area contributed by atoms with E-state index in [2.05, 4.69) is 5.32 Å². The fourth-order valence-electron chi connectivity index (χ4n) is 4.38. The third kappa shape index (κ3) is 3.21. The van der Waals surface area contributed by atoms with E-state index < -0.39 is 17.9 Å². The lowest BCUT2D eigenvalue weighted by molar-refractivity contribution is -0.125. The van der Waals surface area contributed by atoms with Gasteiger partial charge in [-0.25, -0.2) is 0 Å². The molecule has 2 aromatic carbocycles. The molecule has 1 aliphatic heterocycles. The van der Waals surface area contributed by atoms with Crippen molar-refractivity contribution in [2.45, 2.75) is 44.7 Å². The Morgan fingerprint density at radius 2 is 1.46 bits per heavy atom. The third-order valence-electron chi connectivity index (χ3n) is 5.92. The zero-order valence-electron chi connectivity index (χ0n) is 15.9. The number of hydrogen-bond acceptors (Lipinski definition) is 3. The average Bonchev–Trinajstić information content (AvgIpc) is 3.34. The minimum Gasteiger partial charge on any atom is -0.347 e. The molecular weight excluding hydrogens is 352 g/mol. The summed E-state index contributed by atoms with van der Waals surface area (Å²) in [5.74, 6) is -0.725. The van der Waals surface area contributed by atoms with Gasteiger partial charge in [-0.2, -0.15) is 0 Å². The minimum atomic E-state index is -0.861. The molecule has 5 nitrogen and oxygen atoms in total. The van der Waals surface area contributed by atoms with Crippen molar-refractivity contribution in [1.29, 1.82) is 0 Å². The maximum atomic E-state index is 13.1. The molecule has 2 aliphatic rings. The van der Waals surface area contributed by atoms with Crippen molar-refractivity contribution in [3.63, 3.8) is 0 Å². The molecule has 3 amide bonds. The second-order valence-electron chi connectivity index (χ2n) is 7.64. The molecule has 4 rings (SSSR count). The van der Waals surface area contributed by atoms with Gasteiger partial charge in [0.2, 0.25) is 5.91 Å². The SMILES string of the molecule is C[C@H](C(=O)N[C@@H](c1ccccc1)C1CCCC1)N1C(=O)c2ccccc2C1=O. The Hall–Kier alpha value is -2.95. The predicted molar refractivity (Wildman–Crippen MR) is 106 cm³/mol. The van der Waals surface area contributed by atoms with Crippen LogP contribution in [0.2, 0.25) is 0 Å². The Kier molecular flexibility index (Phi) is 4.99. The van der Waals surface area contributed by atoms with Crippen LogP contribution in [0.25, 0.3) is 0 Å². The van der Waals surface area contributed by atoms with Crippen LogP contribution in [0.4, 0.5) is 0 Å². The molecule has 1 N–H and O–H groups in total. The van der Waals surface area contributed by atoms with E-state index in [1.807, 2.05) is 30.3 Å².